The molecule has 1 fully saturated rings. The summed E-state index contributed by atoms with van der Waals surface area (Å²) in [5, 5.41) is 6.86. The zero-order chi connectivity index (χ0) is 21.3. The summed E-state index contributed by atoms with van der Waals surface area (Å²) < 4.78 is 15.4. The van der Waals surface area contributed by atoms with Crippen LogP contribution in [0.2, 0.25) is 5.02 Å². The second-order valence-corrected chi connectivity index (χ2v) is 8.43. The average molecular weight is 432 g/mol. The fourth-order valence-electron chi connectivity index (χ4n) is 3.99. The molecule has 30 heavy (non-hydrogen) atoms. The molecule has 2 N–H and O–H groups in total. The molecule has 0 amide bonds. The van der Waals surface area contributed by atoms with Gasteiger partial charge in [-0.3, -0.25) is 9.69 Å². The third kappa shape index (κ3) is 4.24. The van der Waals surface area contributed by atoms with Crippen LogP contribution in [0.15, 0.2) is 24.3 Å². The lowest BCUT2D eigenvalue weighted by molar-refractivity contribution is 0.112. The number of piperazine rings is 1. The summed E-state index contributed by atoms with van der Waals surface area (Å²) in [5.41, 5.74) is 3.25. The number of hydrogen-bond donors (Lipinski definition) is 2. The number of halogens is 2. The standard InChI is InChI=1S/C22H27ClFN5O/c1-15-11-17(23)3-4-18(15)26-21-16(13-30)12-19-22(20(21)24)25-14-29(19)10-9-28-7-5-27(2)6-8-28/h3-4,11-13,25-26H,5-10,14H2,1-2H3. The first-order valence-corrected chi connectivity index (χ1v) is 10.6. The highest BCUT2D eigenvalue weighted by Crippen LogP contribution is 2.40. The van der Waals surface area contributed by atoms with Crippen LogP contribution in [0.5, 0.6) is 0 Å². The molecule has 0 atom stereocenters. The number of hydrogen-bond acceptors (Lipinski definition) is 6. The van der Waals surface area contributed by atoms with Gasteiger partial charge in [-0.2, -0.15) is 0 Å². The van der Waals surface area contributed by atoms with E-state index in [4.69, 9.17) is 11.6 Å². The predicted molar refractivity (Wildman–Crippen MR) is 121 cm³/mol. The zero-order valence-electron chi connectivity index (χ0n) is 17.3. The molecular weight excluding hydrogens is 405 g/mol. The number of likely N-dealkylation sites (N-methyl/N-ethyl adjacent to an activating group) is 1. The van der Waals surface area contributed by atoms with E-state index in [0.717, 1.165) is 50.5 Å². The first-order chi connectivity index (χ1) is 14.5. The Kier molecular flexibility index (Phi) is 6.13. The monoisotopic (exact) mass is 431 g/mol. The molecule has 0 unspecified atom stereocenters. The van der Waals surface area contributed by atoms with Crippen LogP contribution < -0.4 is 15.5 Å². The van der Waals surface area contributed by atoms with Crippen LogP contribution >= 0.6 is 11.6 Å². The number of fused-ring (bicyclic) bond motifs is 1. The largest absolute Gasteiger partial charge is 0.364 e. The van der Waals surface area contributed by atoms with E-state index in [2.05, 4.69) is 32.4 Å². The van der Waals surface area contributed by atoms with Crippen LogP contribution in [0.3, 0.4) is 0 Å². The zero-order valence-corrected chi connectivity index (χ0v) is 18.1. The van der Waals surface area contributed by atoms with Gasteiger partial charge in [-0.05, 0) is 43.8 Å². The molecule has 8 heteroatoms. The third-order valence-electron chi connectivity index (χ3n) is 5.92. The van der Waals surface area contributed by atoms with Gasteiger partial charge in [-0.25, -0.2) is 4.39 Å². The number of carbonyl (C=O) groups is 1. The van der Waals surface area contributed by atoms with Crippen molar-refractivity contribution < 1.29 is 9.18 Å². The Balaban J connectivity index is 1.54. The molecule has 4 rings (SSSR count). The number of benzene rings is 2. The Morgan fingerprint density at radius 3 is 2.67 bits per heavy atom. The van der Waals surface area contributed by atoms with Crippen LogP contribution in [0.25, 0.3) is 0 Å². The predicted octanol–water partition coefficient (Wildman–Crippen LogP) is 3.78. The van der Waals surface area contributed by atoms with E-state index in [1.54, 1.807) is 24.3 Å². The van der Waals surface area contributed by atoms with Crippen molar-refractivity contribution in [2.24, 2.45) is 0 Å². The lowest BCUT2D eigenvalue weighted by atomic mass is 10.1. The molecule has 0 radical (unpaired) electrons. The Morgan fingerprint density at radius 1 is 1.20 bits per heavy atom. The van der Waals surface area contributed by atoms with Crippen molar-refractivity contribution in [1.82, 2.24) is 9.80 Å². The van der Waals surface area contributed by atoms with Crippen molar-refractivity contribution in [3.05, 3.63) is 46.2 Å². The number of nitrogens with zero attached hydrogens (tertiary/aromatic N) is 3. The summed E-state index contributed by atoms with van der Waals surface area (Å²) in [6.45, 7) is 8.33. The van der Waals surface area contributed by atoms with E-state index in [0.29, 0.717) is 34.9 Å². The second kappa shape index (κ2) is 8.79. The molecule has 0 bridgehead atoms. The van der Waals surface area contributed by atoms with Crippen molar-refractivity contribution in [3.8, 4) is 0 Å². The number of nitrogens with one attached hydrogen (secondary N) is 2. The summed E-state index contributed by atoms with van der Waals surface area (Å²) in [5.74, 6) is -0.439. The maximum absolute atomic E-state index is 15.4. The molecule has 0 aromatic heterocycles. The van der Waals surface area contributed by atoms with Gasteiger partial charge in [0, 0.05) is 55.5 Å². The number of rotatable bonds is 6. The minimum absolute atomic E-state index is 0.183. The van der Waals surface area contributed by atoms with Gasteiger partial charge in [-0.1, -0.05) is 11.6 Å². The van der Waals surface area contributed by atoms with Gasteiger partial charge >= 0.3 is 0 Å². The van der Waals surface area contributed by atoms with E-state index in [1.165, 1.54) is 0 Å². The Labute approximate surface area is 181 Å². The summed E-state index contributed by atoms with van der Waals surface area (Å²) in [4.78, 5) is 18.6. The topological polar surface area (TPSA) is 50.9 Å². The average Bonchev–Trinajstić information content (AvgIpc) is 3.14. The Bertz CT molecular complexity index is 946. The van der Waals surface area contributed by atoms with Crippen molar-refractivity contribution in [1.29, 1.82) is 0 Å². The highest BCUT2D eigenvalue weighted by molar-refractivity contribution is 6.30. The molecule has 0 saturated carbocycles. The fraction of sp³-hybridized carbons (Fsp3) is 0.409. The number of aryl methyl sites for hydroxylation is 1. The maximum Gasteiger partial charge on any atom is 0.172 e. The molecule has 2 heterocycles. The molecule has 1 saturated heterocycles. The van der Waals surface area contributed by atoms with Crippen molar-refractivity contribution in [2.75, 3.05) is 68.5 Å². The second-order valence-electron chi connectivity index (χ2n) is 7.99. The molecule has 160 valence electrons. The summed E-state index contributed by atoms with van der Waals surface area (Å²) in [6, 6.07) is 7.09. The van der Waals surface area contributed by atoms with Crippen LogP contribution in [0.4, 0.5) is 27.1 Å². The Morgan fingerprint density at radius 2 is 1.97 bits per heavy atom. The van der Waals surface area contributed by atoms with Crippen molar-refractivity contribution in [3.63, 3.8) is 0 Å². The Hall–Kier alpha value is -2.35. The van der Waals surface area contributed by atoms with Crippen LogP contribution in [0.1, 0.15) is 15.9 Å². The molecule has 2 aliphatic rings. The van der Waals surface area contributed by atoms with Gasteiger partial charge in [0.25, 0.3) is 0 Å². The number of carbonyl (C=O) groups excluding carboxylic acids is 1. The first-order valence-electron chi connectivity index (χ1n) is 10.2. The molecule has 2 aliphatic heterocycles. The third-order valence-corrected chi connectivity index (χ3v) is 6.16. The normalized spacial score (nSPS) is 17.0. The van der Waals surface area contributed by atoms with E-state index in [-0.39, 0.29) is 5.69 Å². The van der Waals surface area contributed by atoms with Gasteiger partial charge in [0.2, 0.25) is 0 Å². The van der Waals surface area contributed by atoms with Crippen LogP contribution in [0, 0.1) is 12.7 Å². The summed E-state index contributed by atoms with van der Waals surface area (Å²) in [6.07, 6.45) is 0.702. The van der Waals surface area contributed by atoms with E-state index in [9.17, 15) is 4.79 Å². The number of anilines is 4. The summed E-state index contributed by atoms with van der Waals surface area (Å²) >= 11 is 6.02. The van der Waals surface area contributed by atoms with Gasteiger partial charge in [0.1, 0.15) is 0 Å². The lowest BCUT2D eigenvalue weighted by Gasteiger charge is -2.33. The van der Waals surface area contributed by atoms with Gasteiger partial charge in [-0.15, -0.1) is 0 Å². The smallest absolute Gasteiger partial charge is 0.172 e. The molecule has 0 spiro atoms. The minimum Gasteiger partial charge on any atom is -0.364 e. The fourth-order valence-corrected chi connectivity index (χ4v) is 4.21. The lowest BCUT2D eigenvalue weighted by Crippen LogP contribution is -2.47. The van der Waals surface area contributed by atoms with Gasteiger partial charge in [0.05, 0.1) is 23.7 Å². The van der Waals surface area contributed by atoms with Crippen LogP contribution in [-0.4, -0.2) is 69.1 Å². The van der Waals surface area contributed by atoms with Crippen molar-refractivity contribution in [2.45, 2.75) is 6.92 Å². The van der Waals surface area contributed by atoms with E-state index < -0.39 is 5.82 Å². The molecule has 2 aromatic rings. The highest BCUT2D eigenvalue weighted by atomic mass is 35.5. The molecule has 2 aromatic carbocycles. The van der Waals surface area contributed by atoms with E-state index in [1.807, 2.05) is 6.92 Å². The summed E-state index contributed by atoms with van der Waals surface area (Å²) in [7, 11) is 2.14. The van der Waals surface area contributed by atoms with E-state index >= 15 is 4.39 Å². The van der Waals surface area contributed by atoms with Gasteiger partial charge < -0.3 is 20.4 Å². The van der Waals surface area contributed by atoms with Crippen molar-refractivity contribution >= 4 is 40.6 Å². The van der Waals surface area contributed by atoms with Gasteiger partial charge in [0.15, 0.2) is 12.1 Å². The highest BCUT2D eigenvalue weighted by Gasteiger charge is 2.27. The number of aldehydes is 1. The minimum atomic E-state index is -0.439. The molecule has 6 nitrogen and oxygen atoms in total. The quantitative estimate of drug-likeness (QED) is 0.679. The first kappa shape index (κ1) is 20.9. The maximum atomic E-state index is 15.4. The molecular formula is C22H27ClFN5O. The van der Waals surface area contributed by atoms with Crippen LogP contribution in [-0.2, 0) is 0 Å². The SMILES string of the molecule is Cc1cc(Cl)ccc1Nc1c(C=O)cc2c(c1F)NCN2CCN1CCN(C)CC1. The molecule has 0 aliphatic carbocycles.